The molecular formula is C47H40NO7P. The lowest BCUT2D eigenvalue weighted by Gasteiger charge is -2.31. The summed E-state index contributed by atoms with van der Waals surface area (Å²) in [6, 6.07) is 49.8. The molecule has 0 bridgehead atoms. The Morgan fingerprint density at radius 2 is 1.09 bits per heavy atom. The fraction of sp³-hybridized carbons (Fsp3) is 0.128. The molecule has 56 heavy (non-hydrogen) atoms. The molecule has 7 rings (SSSR count). The van der Waals surface area contributed by atoms with Crippen LogP contribution >= 0.6 is 6.89 Å². The van der Waals surface area contributed by atoms with Gasteiger partial charge in [0.15, 0.2) is 0 Å². The second-order valence-corrected chi connectivity index (χ2v) is 16.7. The van der Waals surface area contributed by atoms with Crippen LogP contribution in [0.25, 0.3) is 11.1 Å². The number of carboxylic acids is 1. The molecule has 8 nitrogen and oxygen atoms in total. The second-order valence-electron chi connectivity index (χ2n) is 13.3. The predicted octanol–water partition coefficient (Wildman–Crippen LogP) is 7.13. The van der Waals surface area contributed by atoms with Crippen molar-refractivity contribution in [3.05, 3.63) is 186 Å². The van der Waals surface area contributed by atoms with Crippen molar-refractivity contribution in [3.63, 3.8) is 0 Å². The summed E-state index contributed by atoms with van der Waals surface area (Å²) < 4.78 is 11.3. The summed E-state index contributed by atoms with van der Waals surface area (Å²) in [6.45, 7) is -1.31. The van der Waals surface area contributed by atoms with Crippen LogP contribution in [0.3, 0.4) is 0 Å². The molecule has 0 saturated heterocycles. The first-order valence-electron chi connectivity index (χ1n) is 18.4. The highest BCUT2D eigenvalue weighted by atomic mass is 31.2. The average molecular weight is 762 g/mol. The van der Waals surface area contributed by atoms with Crippen molar-refractivity contribution in [3.8, 4) is 11.1 Å². The molecule has 1 aliphatic rings. The van der Waals surface area contributed by atoms with Crippen LogP contribution in [0.1, 0.15) is 39.9 Å². The van der Waals surface area contributed by atoms with Gasteiger partial charge in [0.1, 0.15) is 17.9 Å². The van der Waals surface area contributed by atoms with Crippen molar-refractivity contribution in [1.82, 2.24) is 5.32 Å². The minimum Gasteiger partial charge on any atom is -0.480 e. The van der Waals surface area contributed by atoms with E-state index in [9.17, 15) is 24.3 Å². The van der Waals surface area contributed by atoms with E-state index in [2.05, 4.69) is 5.32 Å². The van der Waals surface area contributed by atoms with Crippen LogP contribution in [0.5, 0.6) is 0 Å². The van der Waals surface area contributed by atoms with Gasteiger partial charge in [-0.05, 0) is 57.5 Å². The first-order valence-corrected chi connectivity index (χ1v) is 20.2. The number of hydrogen-bond donors (Lipinski definition) is 2. The van der Waals surface area contributed by atoms with Crippen molar-refractivity contribution < 1.29 is 33.8 Å². The van der Waals surface area contributed by atoms with Gasteiger partial charge in [-0.25, -0.2) is 14.4 Å². The van der Waals surface area contributed by atoms with Crippen molar-refractivity contribution >= 4 is 51.9 Å². The topological polar surface area (TPSA) is 119 Å². The lowest BCUT2D eigenvalue weighted by atomic mass is 9.98. The molecule has 0 aromatic heterocycles. The monoisotopic (exact) mass is 761 g/mol. The van der Waals surface area contributed by atoms with E-state index >= 15 is 0 Å². The van der Waals surface area contributed by atoms with E-state index in [1.165, 1.54) is 0 Å². The van der Waals surface area contributed by atoms with E-state index in [0.717, 1.165) is 38.2 Å². The van der Waals surface area contributed by atoms with Crippen LogP contribution in [-0.4, -0.2) is 53.5 Å². The zero-order valence-corrected chi connectivity index (χ0v) is 31.6. The standard InChI is InChI=1S/C47H40NO7P/c1-2-54-46(52)44(56(34-16-6-3-7-17-34,35-18-8-4-9-19-35)36-20-10-5-11-21-36)43(49)33-28-26-32(27-29-33)30-42(45(50)51)48-47(53)55-31-41-39-24-14-12-22-37(39)38-23-13-15-25-40(38)41/h3-29,41-42H,2,30-31H2,1H3,(H,48,53)(H,50,51)/t42-/m0/s1. The van der Waals surface area contributed by atoms with Gasteiger partial charge in [-0.3, -0.25) is 4.79 Å². The number of esters is 1. The van der Waals surface area contributed by atoms with Crippen LogP contribution in [0, 0.1) is 0 Å². The molecule has 6 aromatic rings. The van der Waals surface area contributed by atoms with Gasteiger partial charge in [0, 0.05) is 17.9 Å². The van der Waals surface area contributed by atoms with Crippen molar-refractivity contribution in [2.24, 2.45) is 0 Å². The molecule has 2 N–H and O–H groups in total. The fourth-order valence-electron chi connectivity index (χ4n) is 7.52. The maximum atomic E-state index is 14.9. The number of ketones is 1. The third-order valence-corrected chi connectivity index (χ3v) is 14.3. The third kappa shape index (κ3) is 7.44. The number of carbonyl (C=O) groups is 4. The number of fused-ring (bicyclic) bond motifs is 3. The minimum absolute atomic E-state index is 0.0241. The quantitative estimate of drug-likeness (QED) is 0.0557. The Morgan fingerprint density at radius 1 is 0.625 bits per heavy atom. The number of benzene rings is 6. The van der Waals surface area contributed by atoms with E-state index in [1.54, 1.807) is 31.2 Å². The Balaban J connectivity index is 1.17. The van der Waals surface area contributed by atoms with Crippen LogP contribution in [0.4, 0.5) is 4.79 Å². The van der Waals surface area contributed by atoms with Crippen LogP contribution in [0.15, 0.2) is 164 Å². The molecule has 0 radical (unpaired) electrons. The van der Waals surface area contributed by atoms with Gasteiger partial charge in [0.25, 0.3) is 0 Å². The number of nitrogens with one attached hydrogen (secondary N) is 1. The Hall–Kier alpha value is -6.50. The summed E-state index contributed by atoms with van der Waals surface area (Å²) >= 11 is 0. The Morgan fingerprint density at radius 3 is 1.55 bits per heavy atom. The summed E-state index contributed by atoms with van der Waals surface area (Å²) in [7, 11) is 0. The number of ether oxygens (including phenoxy) is 2. The van der Waals surface area contributed by atoms with Crippen molar-refractivity contribution in [2.45, 2.75) is 25.3 Å². The van der Waals surface area contributed by atoms with Gasteiger partial charge >= 0.3 is 18.0 Å². The van der Waals surface area contributed by atoms with Crippen LogP contribution in [0.2, 0.25) is 0 Å². The van der Waals surface area contributed by atoms with E-state index < -0.39 is 36.7 Å². The maximum Gasteiger partial charge on any atom is 0.407 e. The normalized spacial score (nSPS) is 12.4. The fourth-order valence-corrected chi connectivity index (χ4v) is 11.8. The summed E-state index contributed by atoms with van der Waals surface area (Å²) in [6.07, 6.45) is -0.917. The van der Waals surface area contributed by atoms with Gasteiger partial charge in [0.05, 0.1) is 6.61 Å². The molecule has 9 heteroatoms. The summed E-state index contributed by atoms with van der Waals surface area (Å²) in [5, 5.41) is 15.1. The number of carbonyl (C=O) groups excluding carboxylic acids is 3. The molecule has 0 saturated carbocycles. The number of hydrogen-bond acceptors (Lipinski definition) is 6. The number of aliphatic carboxylic acids is 1. The first kappa shape index (κ1) is 37.8. The molecule has 0 aliphatic heterocycles. The zero-order chi connectivity index (χ0) is 39.1. The number of carboxylic acid groups (broad SMARTS) is 1. The van der Waals surface area contributed by atoms with Gasteiger partial charge in [-0.1, -0.05) is 164 Å². The van der Waals surface area contributed by atoms with Gasteiger partial charge in [-0.2, -0.15) is 0 Å². The Bertz CT molecular complexity index is 2280. The van der Waals surface area contributed by atoms with Gasteiger partial charge < -0.3 is 19.9 Å². The molecular weight excluding hydrogens is 721 g/mol. The van der Waals surface area contributed by atoms with E-state index in [1.807, 2.05) is 140 Å². The minimum atomic E-state index is -3.13. The summed E-state index contributed by atoms with van der Waals surface area (Å²) in [5.41, 5.74) is 5.06. The van der Waals surface area contributed by atoms with E-state index in [-0.39, 0.29) is 36.4 Å². The van der Waals surface area contributed by atoms with Gasteiger partial charge in [0.2, 0.25) is 5.78 Å². The highest BCUT2D eigenvalue weighted by Crippen LogP contribution is 2.47. The van der Waals surface area contributed by atoms with E-state index in [4.69, 9.17) is 9.47 Å². The first-order chi connectivity index (χ1) is 27.3. The second kappa shape index (κ2) is 16.9. The number of Topliss-reactive ketones (excluding diaryl/α,β-unsaturated/α-hetero) is 1. The molecule has 0 heterocycles. The highest BCUT2D eigenvalue weighted by Gasteiger charge is 2.38. The molecule has 0 fully saturated rings. The van der Waals surface area contributed by atoms with E-state index in [0.29, 0.717) is 5.56 Å². The largest absolute Gasteiger partial charge is 0.480 e. The maximum absolute atomic E-state index is 14.9. The third-order valence-electron chi connectivity index (χ3n) is 10.0. The summed E-state index contributed by atoms with van der Waals surface area (Å²) in [5.74, 6) is -2.61. The average Bonchev–Trinajstić information content (AvgIpc) is 3.56. The zero-order valence-electron chi connectivity index (χ0n) is 30.7. The van der Waals surface area contributed by atoms with Crippen LogP contribution < -0.4 is 21.2 Å². The SMILES string of the molecule is CCOC(=O)C(C(=O)c1ccc(C[C@H](NC(=O)OCC2c3ccccc3-c3ccccc32)C(=O)O)cc1)=P(c1ccccc1)(c1ccccc1)c1ccccc1. The molecule has 280 valence electrons. The van der Waals surface area contributed by atoms with Crippen molar-refractivity contribution in [2.75, 3.05) is 13.2 Å². The molecule has 1 aliphatic carbocycles. The molecule has 6 aromatic carbocycles. The molecule has 0 unspecified atom stereocenters. The highest BCUT2D eigenvalue weighted by molar-refractivity contribution is 7.97. The number of alkyl carbamates (subject to hydrolysis) is 1. The molecule has 1 atom stereocenters. The number of amides is 1. The van der Waals surface area contributed by atoms with Crippen molar-refractivity contribution in [1.29, 1.82) is 0 Å². The Kier molecular flexibility index (Phi) is 11.4. The lowest BCUT2D eigenvalue weighted by molar-refractivity contribution is -0.139. The predicted molar refractivity (Wildman–Crippen MR) is 221 cm³/mol. The Labute approximate surface area is 325 Å². The van der Waals surface area contributed by atoms with Crippen LogP contribution in [-0.2, 0) is 25.5 Å². The molecule has 0 spiro atoms. The van der Waals surface area contributed by atoms with Gasteiger partial charge in [-0.15, -0.1) is 0 Å². The smallest absolute Gasteiger partial charge is 0.407 e. The molecule has 1 amide bonds. The lowest BCUT2D eigenvalue weighted by Crippen LogP contribution is -2.43. The number of rotatable bonds is 13. The summed E-state index contributed by atoms with van der Waals surface area (Å²) in [4.78, 5) is 54.5.